The van der Waals surface area contributed by atoms with Gasteiger partial charge < -0.3 is 14.5 Å². The van der Waals surface area contributed by atoms with Gasteiger partial charge >= 0.3 is 0 Å². The van der Waals surface area contributed by atoms with Crippen LogP contribution in [0.1, 0.15) is 51.8 Å². The summed E-state index contributed by atoms with van der Waals surface area (Å²) in [7, 11) is 1.62. The van der Waals surface area contributed by atoms with Gasteiger partial charge in [0.25, 0.3) is 5.91 Å². The predicted molar refractivity (Wildman–Crippen MR) is 129 cm³/mol. The van der Waals surface area contributed by atoms with Crippen molar-refractivity contribution in [3.8, 4) is 5.75 Å². The molecule has 33 heavy (non-hydrogen) atoms. The van der Waals surface area contributed by atoms with Gasteiger partial charge in [0.05, 0.1) is 7.11 Å². The number of rotatable bonds is 5. The molecule has 1 saturated heterocycles. The second-order valence-corrected chi connectivity index (χ2v) is 8.95. The van der Waals surface area contributed by atoms with Crippen molar-refractivity contribution in [2.75, 3.05) is 31.6 Å². The van der Waals surface area contributed by atoms with Crippen LogP contribution >= 0.6 is 0 Å². The minimum absolute atomic E-state index is 0.0387. The van der Waals surface area contributed by atoms with E-state index in [9.17, 15) is 4.79 Å². The summed E-state index contributed by atoms with van der Waals surface area (Å²) in [6, 6.07) is 17.9. The summed E-state index contributed by atoms with van der Waals surface area (Å²) in [5.41, 5.74) is 4.29. The van der Waals surface area contributed by atoms with E-state index in [2.05, 4.69) is 42.2 Å². The summed E-state index contributed by atoms with van der Waals surface area (Å²) in [4.78, 5) is 27.4. The van der Waals surface area contributed by atoms with Crippen LogP contribution in [0.25, 0.3) is 0 Å². The van der Waals surface area contributed by atoms with Crippen LogP contribution in [0, 0.1) is 6.92 Å². The van der Waals surface area contributed by atoms with Crippen molar-refractivity contribution in [3.05, 3.63) is 82.8 Å². The fourth-order valence-electron chi connectivity index (χ4n) is 4.94. The van der Waals surface area contributed by atoms with Crippen LogP contribution in [0.5, 0.6) is 5.75 Å². The maximum absolute atomic E-state index is 13.1. The van der Waals surface area contributed by atoms with E-state index in [4.69, 9.17) is 14.7 Å². The Balaban J connectivity index is 1.36. The van der Waals surface area contributed by atoms with Gasteiger partial charge in [0.1, 0.15) is 17.4 Å². The third-order valence-electron chi connectivity index (χ3n) is 6.74. The summed E-state index contributed by atoms with van der Waals surface area (Å²) in [6.45, 7) is 5.32. The molecule has 0 unspecified atom stereocenters. The number of aromatic nitrogens is 2. The molecular weight excluding hydrogens is 412 g/mol. The monoisotopic (exact) mass is 442 g/mol. The van der Waals surface area contributed by atoms with Gasteiger partial charge in [-0.2, -0.15) is 0 Å². The molecule has 0 saturated carbocycles. The summed E-state index contributed by atoms with van der Waals surface area (Å²) >= 11 is 0. The van der Waals surface area contributed by atoms with Crippen molar-refractivity contribution >= 4 is 11.7 Å². The van der Waals surface area contributed by atoms with Crippen LogP contribution in [0.4, 0.5) is 5.82 Å². The Morgan fingerprint density at radius 1 is 1.09 bits per heavy atom. The molecule has 2 aromatic carbocycles. The molecule has 3 aromatic rings. The molecule has 1 atom stereocenters. The lowest BCUT2D eigenvalue weighted by Crippen LogP contribution is -2.32. The van der Waals surface area contributed by atoms with Crippen LogP contribution in [0.2, 0.25) is 0 Å². The summed E-state index contributed by atoms with van der Waals surface area (Å²) in [6.07, 6.45) is 3.03. The van der Waals surface area contributed by atoms with Gasteiger partial charge in [-0.25, -0.2) is 9.97 Å². The summed E-state index contributed by atoms with van der Waals surface area (Å²) < 4.78 is 5.28. The lowest BCUT2D eigenvalue weighted by molar-refractivity contribution is 0.0790. The smallest absolute Gasteiger partial charge is 0.254 e. The van der Waals surface area contributed by atoms with Crippen LogP contribution in [-0.4, -0.2) is 47.5 Å². The maximum Gasteiger partial charge on any atom is 0.254 e. The van der Waals surface area contributed by atoms with Gasteiger partial charge in [0.15, 0.2) is 0 Å². The second kappa shape index (κ2) is 9.22. The van der Waals surface area contributed by atoms with Gasteiger partial charge in [0, 0.05) is 48.9 Å². The van der Waals surface area contributed by atoms with Crippen molar-refractivity contribution in [1.29, 1.82) is 0 Å². The number of carbonyl (C=O) groups excluding carboxylic acids is 1. The Morgan fingerprint density at radius 3 is 2.76 bits per heavy atom. The van der Waals surface area contributed by atoms with Gasteiger partial charge in [-0.05, 0) is 49.9 Å². The van der Waals surface area contributed by atoms with E-state index in [-0.39, 0.29) is 11.8 Å². The average Bonchev–Trinajstić information content (AvgIpc) is 3.35. The standard InChI is InChI=1S/C27H30N4O2/c1-19-24-12-7-14-30(17-20-8-4-3-5-9-20)26(24)29-25(28-19)22-13-15-31(18-22)27(32)21-10-6-11-23(16-21)33-2/h3-6,8-11,16,22H,7,12-15,17-18H2,1-2H3/t22-/m0/s1. The normalized spacial score (nSPS) is 17.7. The Bertz CT molecular complexity index is 1150. The third kappa shape index (κ3) is 4.42. The summed E-state index contributed by atoms with van der Waals surface area (Å²) in [5, 5.41) is 0. The summed E-state index contributed by atoms with van der Waals surface area (Å²) in [5.74, 6) is 2.84. The third-order valence-corrected chi connectivity index (χ3v) is 6.74. The van der Waals surface area contributed by atoms with Gasteiger partial charge in [-0.1, -0.05) is 36.4 Å². The number of fused-ring (bicyclic) bond motifs is 1. The molecule has 0 bridgehead atoms. The minimum Gasteiger partial charge on any atom is -0.497 e. The molecule has 0 radical (unpaired) electrons. The zero-order chi connectivity index (χ0) is 22.8. The first kappa shape index (κ1) is 21.4. The fraction of sp³-hybridized carbons (Fsp3) is 0.370. The first-order valence-corrected chi connectivity index (χ1v) is 11.7. The number of anilines is 1. The van der Waals surface area contributed by atoms with E-state index in [1.54, 1.807) is 13.2 Å². The number of amides is 1. The number of likely N-dealkylation sites (tertiary alicyclic amines) is 1. The fourth-order valence-corrected chi connectivity index (χ4v) is 4.94. The number of benzene rings is 2. The van der Waals surface area contributed by atoms with E-state index in [1.165, 1.54) is 11.1 Å². The number of hydrogen-bond acceptors (Lipinski definition) is 5. The van der Waals surface area contributed by atoms with Gasteiger partial charge in [-0.15, -0.1) is 0 Å². The molecule has 3 heterocycles. The maximum atomic E-state index is 13.1. The van der Waals surface area contributed by atoms with E-state index in [0.29, 0.717) is 24.4 Å². The van der Waals surface area contributed by atoms with Crippen LogP contribution < -0.4 is 9.64 Å². The Morgan fingerprint density at radius 2 is 1.94 bits per heavy atom. The minimum atomic E-state index is 0.0387. The topological polar surface area (TPSA) is 58.6 Å². The highest BCUT2D eigenvalue weighted by Crippen LogP contribution is 2.33. The molecule has 0 aliphatic carbocycles. The zero-order valence-corrected chi connectivity index (χ0v) is 19.3. The van der Waals surface area contributed by atoms with E-state index >= 15 is 0 Å². The Hall–Kier alpha value is -3.41. The molecule has 6 heteroatoms. The van der Waals surface area contributed by atoms with Crippen LogP contribution in [0.15, 0.2) is 54.6 Å². The van der Waals surface area contributed by atoms with Crippen LogP contribution in [-0.2, 0) is 13.0 Å². The first-order valence-electron chi connectivity index (χ1n) is 11.7. The lowest BCUT2D eigenvalue weighted by Gasteiger charge is -2.31. The number of aryl methyl sites for hydroxylation is 1. The molecule has 0 N–H and O–H groups in total. The van der Waals surface area contributed by atoms with Crippen molar-refractivity contribution in [2.24, 2.45) is 0 Å². The van der Waals surface area contributed by atoms with E-state index < -0.39 is 0 Å². The van der Waals surface area contributed by atoms with Crippen LogP contribution in [0.3, 0.4) is 0 Å². The average molecular weight is 443 g/mol. The van der Waals surface area contributed by atoms with Crippen molar-refractivity contribution < 1.29 is 9.53 Å². The van der Waals surface area contributed by atoms with Crippen molar-refractivity contribution in [2.45, 2.75) is 38.6 Å². The van der Waals surface area contributed by atoms with E-state index in [0.717, 1.165) is 49.7 Å². The molecule has 1 fully saturated rings. The predicted octanol–water partition coefficient (Wildman–Crippen LogP) is 4.38. The van der Waals surface area contributed by atoms with Gasteiger partial charge in [0.2, 0.25) is 0 Å². The number of methoxy groups -OCH3 is 1. The molecule has 0 spiro atoms. The molecular formula is C27H30N4O2. The second-order valence-electron chi connectivity index (χ2n) is 8.95. The van der Waals surface area contributed by atoms with E-state index in [1.807, 2.05) is 23.1 Å². The Kier molecular flexibility index (Phi) is 5.99. The quantitative estimate of drug-likeness (QED) is 0.587. The molecule has 2 aliphatic heterocycles. The number of carbonyl (C=O) groups is 1. The van der Waals surface area contributed by atoms with Gasteiger partial charge in [-0.3, -0.25) is 4.79 Å². The number of hydrogen-bond donors (Lipinski definition) is 0. The molecule has 5 rings (SSSR count). The largest absolute Gasteiger partial charge is 0.497 e. The Labute approximate surface area is 195 Å². The first-order chi connectivity index (χ1) is 16.1. The SMILES string of the molecule is COc1cccc(C(=O)N2CC[C@H](c3nc(C)c4c(n3)N(Cc3ccccc3)CCC4)C2)c1. The highest BCUT2D eigenvalue weighted by atomic mass is 16.5. The molecule has 1 amide bonds. The number of nitrogens with zero attached hydrogens (tertiary/aromatic N) is 4. The van der Waals surface area contributed by atoms with Crippen molar-refractivity contribution in [1.82, 2.24) is 14.9 Å². The molecule has 1 aromatic heterocycles. The molecule has 2 aliphatic rings. The number of ether oxygens (including phenoxy) is 1. The lowest BCUT2D eigenvalue weighted by atomic mass is 10.0. The highest BCUT2D eigenvalue weighted by Gasteiger charge is 2.32. The molecule has 6 nitrogen and oxygen atoms in total. The highest BCUT2D eigenvalue weighted by molar-refractivity contribution is 5.94. The zero-order valence-electron chi connectivity index (χ0n) is 19.3. The van der Waals surface area contributed by atoms with Crippen molar-refractivity contribution in [3.63, 3.8) is 0 Å². The molecule has 170 valence electrons.